The van der Waals surface area contributed by atoms with Gasteiger partial charge in [0.1, 0.15) is 5.75 Å². The van der Waals surface area contributed by atoms with Crippen LogP contribution in [0.2, 0.25) is 0 Å². The van der Waals surface area contributed by atoms with Gasteiger partial charge in [-0.25, -0.2) is 4.79 Å². The van der Waals surface area contributed by atoms with Gasteiger partial charge in [-0.2, -0.15) is 0 Å². The topological polar surface area (TPSA) is 71.2 Å². The lowest BCUT2D eigenvalue weighted by Crippen LogP contribution is -2.25. The van der Waals surface area contributed by atoms with Crippen molar-refractivity contribution >= 4 is 5.97 Å². The number of hydrogen-bond donors (Lipinski definition) is 0. The molecule has 0 bridgehead atoms. The van der Waals surface area contributed by atoms with Crippen LogP contribution in [0.3, 0.4) is 0 Å². The fourth-order valence-electron chi connectivity index (χ4n) is 6.19. The van der Waals surface area contributed by atoms with E-state index in [-0.39, 0.29) is 23.9 Å². The fraction of sp³-hybridized carbons (Fsp3) is 0.406. The Morgan fingerprint density at radius 3 is 2.51 bits per heavy atom. The first-order valence-corrected chi connectivity index (χ1v) is 14.0. The molecule has 7 heteroatoms. The minimum atomic E-state index is -0.318. The lowest BCUT2D eigenvalue weighted by atomic mass is 9.86. The molecule has 2 saturated carbocycles. The molecule has 0 saturated heterocycles. The number of benzene rings is 2. The van der Waals surface area contributed by atoms with E-state index in [9.17, 15) is 4.79 Å². The standard InChI is InChI=1S/C32H36N4O3/c1-21(22-9-5-4-6-10-22)39-26-14-8-12-24(18-26)23-11-7-13-25(17-23)36-16-15-27(32(37)38-3)31(36)29-19-28(29)30-20-35(2)34-33-30/h7-8,11-18,20-22,28-29H,4-6,9-10,19H2,1-3H3/t21-,28-,29-/m0/s1. The van der Waals surface area contributed by atoms with Gasteiger partial charge in [-0.05, 0) is 73.6 Å². The maximum atomic E-state index is 12.7. The molecule has 0 aliphatic heterocycles. The SMILES string of the molecule is COC(=O)c1ccn(-c2cccc(-c3cccc(O[C@@H](C)C4CCCCC4)c3)c2)c1[C@H]1C[C@@H]1c1cn(C)nn1. The van der Waals surface area contributed by atoms with Crippen LogP contribution in [0, 0.1) is 5.92 Å². The van der Waals surface area contributed by atoms with E-state index < -0.39 is 0 Å². The quantitative estimate of drug-likeness (QED) is 0.241. The van der Waals surface area contributed by atoms with Gasteiger partial charge in [0.15, 0.2) is 0 Å². The van der Waals surface area contributed by atoms with Gasteiger partial charge in [0.25, 0.3) is 0 Å². The largest absolute Gasteiger partial charge is 0.490 e. The number of hydrogen-bond acceptors (Lipinski definition) is 5. The van der Waals surface area contributed by atoms with Crippen LogP contribution in [-0.4, -0.2) is 38.7 Å². The molecule has 0 radical (unpaired) electrons. The Bertz CT molecular complexity index is 1470. The summed E-state index contributed by atoms with van der Waals surface area (Å²) in [7, 11) is 3.31. The zero-order valence-corrected chi connectivity index (χ0v) is 22.9. The third kappa shape index (κ3) is 5.22. The first kappa shape index (κ1) is 25.4. The molecule has 2 heterocycles. The second kappa shape index (κ2) is 10.7. The number of esters is 1. The highest BCUT2D eigenvalue weighted by Crippen LogP contribution is 2.55. The number of aryl methyl sites for hydroxylation is 1. The van der Waals surface area contributed by atoms with Crippen molar-refractivity contribution in [1.82, 2.24) is 19.6 Å². The Morgan fingerprint density at radius 1 is 1.00 bits per heavy atom. The van der Waals surface area contributed by atoms with Gasteiger partial charge < -0.3 is 14.0 Å². The molecule has 202 valence electrons. The Labute approximate surface area is 229 Å². The van der Waals surface area contributed by atoms with Gasteiger partial charge in [-0.3, -0.25) is 4.68 Å². The molecule has 2 aromatic carbocycles. The number of rotatable bonds is 8. The van der Waals surface area contributed by atoms with Crippen LogP contribution in [0.15, 0.2) is 67.0 Å². The Kier molecular flexibility index (Phi) is 6.98. The van der Waals surface area contributed by atoms with Gasteiger partial charge >= 0.3 is 5.97 Å². The highest BCUT2D eigenvalue weighted by molar-refractivity contribution is 5.91. The number of carbonyl (C=O) groups excluding carboxylic acids is 1. The van der Waals surface area contributed by atoms with Crippen molar-refractivity contribution in [3.63, 3.8) is 0 Å². The van der Waals surface area contributed by atoms with Crippen LogP contribution in [-0.2, 0) is 11.8 Å². The van der Waals surface area contributed by atoms with Crippen molar-refractivity contribution in [3.8, 4) is 22.6 Å². The summed E-state index contributed by atoms with van der Waals surface area (Å²) in [6, 6.07) is 18.7. The van der Waals surface area contributed by atoms with Crippen LogP contribution < -0.4 is 4.74 Å². The highest BCUT2D eigenvalue weighted by atomic mass is 16.5. The summed E-state index contributed by atoms with van der Waals surface area (Å²) in [6.45, 7) is 2.21. The van der Waals surface area contributed by atoms with E-state index >= 15 is 0 Å². The monoisotopic (exact) mass is 524 g/mol. The lowest BCUT2D eigenvalue weighted by Gasteiger charge is -2.28. The first-order valence-electron chi connectivity index (χ1n) is 14.0. The molecule has 2 fully saturated rings. The number of ether oxygens (including phenoxy) is 2. The molecular weight excluding hydrogens is 488 g/mol. The van der Waals surface area contributed by atoms with Gasteiger partial charge in [0.2, 0.25) is 0 Å². The third-order valence-electron chi connectivity index (χ3n) is 8.40. The number of nitrogens with zero attached hydrogens (tertiary/aromatic N) is 4. The van der Waals surface area contributed by atoms with Gasteiger partial charge in [-0.1, -0.05) is 48.7 Å². The van der Waals surface area contributed by atoms with Gasteiger partial charge in [0.05, 0.1) is 24.5 Å². The van der Waals surface area contributed by atoms with E-state index in [1.54, 1.807) is 4.68 Å². The van der Waals surface area contributed by atoms with Crippen molar-refractivity contribution < 1.29 is 14.3 Å². The Morgan fingerprint density at radius 2 is 1.77 bits per heavy atom. The Balaban J connectivity index is 1.29. The third-order valence-corrected chi connectivity index (χ3v) is 8.40. The van der Waals surface area contributed by atoms with E-state index in [0.29, 0.717) is 11.5 Å². The molecule has 2 aromatic heterocycles. The average Bonchev–Trinajstić information content (AvgIpc) is 3.42. The predicted octanol–water partition coefficient (Wildman–Crippen LogP) is 6.68. The number of methoxy groups -OCH3 is 1. The van der Waals surface area contributed by atoms with Crippen molar-refractivity contribution in [2.45, 2.75) is 63.4 Å². The lowest BCUT2D eigenvalue weighted by molar-refractivity contribution is 0.0599. The molecule has 3 atom stereocenters. The van der Waals surface area contributed by atoms with Crippen LogP contribution in [0.25, 0.3) is 16.8 Å². The van der Waals surface area contributed by atoms with Crippen LogP contribution in [0.1, 0.15) is 79.0 Å². The van der Waals surface area contributed by atoms with Crippen molar-refractivity contribution in [2.24, 2.45) is 13.0 Å². The molecule has 0 amide bonds. The van der Waals surface area contributed by atoms with E-state index in [4.69, 9.17) is 9.47 Å². The molecule has 6 rings (SSSR count). The second-order valence-corrected chi connectivity index (χ2v) is 11.0. The van der Waals surface area contributed by atoms with Crippen LogP contribution in [0.4, 0.5) is 0 Å². The van der Waals surface area contributed by atoms with E-state index in [1.165, 1.54) is 39.2 Å². The normalized spacial score (nSPS) is 20.0. The van der Waals surface area contributed by atoms with Gasteiger partial charge in [-0.15, -0.1) is 5.10 Å². The Hall–Kier alpha value is -3.87. The first-order chi connectivity index (χ1) is 19.0. The zero-order chi connectivity index (χ0) is 26.9. The molecule has 2 aliphatic rings. The molecule has 2 aliphatic carbocycles. The fourth-order valence-corrected chi connectivity index (χ4v) is 6.19. The molecule has 7 nitrogen and oxygen atoms in total. The summed E-state index contributed by atoms with van der Waals surface area (Å²) in [5, 5.41) is 8.43. The molecular formula is C32H36N4O3. The molecule has 0 N–H and O–H groups in total. The van der Waals surface area contributed by atoms with Crippen molar-refractivity contribution in [3.05, 3.63) is 83.9 Å². The summed E-state index contributed by atoms with van der Waals surface area (Å²) in [5.41, 5.74) is 5.74. The van der Waals surface area contributed by atoms with Crippen LogP contribution in [0.5, 0.6) is 5.75 Å². The summed E-state index contributed by atoms with van der Waals surface area (Å²) in [4.78, 5) is 12.7. The molecule has 4 aromatic rings. The number of carbonyl (C=O) groups is 1. The second-order valence-electron chi connectivity index (χ2n) is 11.0. The summed E-state index contributed by atoms with van der Waals surface area (Å²) in [5.74, 6) is 1.64. The van der Waals surface area contributed by atoms with Crippen LogP contribution >= 0.6 is 0 Å². The van der Waals surface area contributed by atoms with E-state index in [2.05, 4.69) is 70.3 Å². The minimum absolute atomic E-state index is 0.174. The number of aromatic nitrogens is 4. The van der Waals surface area contributed by atoms with E-state index in [1.807, 2.05) is 25.5 Å². The average molecular weight is 525 g/mol. The summed E-state index contributed by atoms with van der Waals surface area (Å²) < 4.78 is 15.4. The molecule has 0 spiro atoms. The maximum absolute atomic E-state index is 12.7. The van der Waals surface area contributed by atoms with E-state index in [0.717, 1.165) is 40.4 Å². The maximum Gasteiger partial charge on any atom is 0.339 e. The smallest absolute Gasteiger partial charge is 0.339 e. The van der Waals surface area contributed by atoms with Crippen molar-refractivity contribution in [2.75, 3.05) is 7.11 Å². The summed E-state index contributed by atoms with van der Waals surface area (Å²) >= 11 is 0. The predicted molar refractivity (Wildman–Crippen MR) is 150 cm³/mol. The zero-order valence-electron chi connectivity index (χ0n) is 22.9. The van der Waals surface area contributed by atoms with Crippen molar-refractivity contribution in [1.29, 1.82) is 0 Å². The highest BCUT2D eigenvalue weighted by Gasteiger charge is 2.45. The molecule has 0 unspecified atom stereocenters. The van der Waals surface area contributed by atoms with Gasteiger partial charge in [0, 0.05) is 42.7 Å². The minimum Gasteiger partial charge on any atom is -0.490 e. The molecule has 39 heavy (non-hydrogen) atoms. The summed E-state index contributed by atoms with van der Waals surface area (Å²) in [6.07, 6.45) is 11.6.